The minimum absolute atomic E-state index is 0.288. The number of allylic oxidation sites excluding steroid dienone is 1. The standard InChI is InChI=1S/C26H35ClN4O5/c1-26(2,3)35-25(32)36-31-11-8-17(27)14-21-24(31)20-15-28-30-22(23(20)29-21)16-4-6-18(7-5-16)34-19-9-12-33-13-10-19/h8,14,16,18-19,29H,4-7,9-13,15H2,1-3H3/t16-,18-. The predicted octanol–water partition coefficient (Wildman–Crippen LogP) is 4.43. The van der Waals surface area contributed by atoms with Crippen molar-refractivity contribution in [1.29, 1.82) is 0 Å². The van der Waals surface area contributed by atoms with Gasteiger partial charge in [-0.2, -0.15) is 15.3 Å². The van der Waals surface area contributed by atoms with Gasteiger partial charge in [-0.25, -0.2) is 4.79 Å². The molecule has 1 saturated carbocycles. The molecule has 0 aromatic carbocycles. The number of rotatable bonds is 4. The van der Waals surface area contributed by atoms with Crippen molar-refractivity contribution in [3.63, 3.8) is 0 Å². The van der Waals surface area contributed by atoms with Gasteiger partial charge in [0, 0.05) is 29.7 Å². The van der Waals surface area contributed by atoms with Crippen LogP contribution in [0.1, 0.15) is 64.9 Å². The van der Waals surface area contributed by atoms with Crippen molar-refractivity contribution < 1.29 is 23.8 Å². The lowest BCUT2D eigenvalue weighted by molar-refractivity contribution is -0.0801. The van der Waals surface area contributed by atoms with Gasteiger partial charge >= 0.3 is 6.16 Å². The number of aromatic amines is 1. The number of halogens is 1. The highest BCUT2D eigenvalue weighted by Gasteiger charge is 2.31. The summed E-state index contributed by atoms with van der Waals surface area (Å²) in [6.07, 6.45) is 9.46. The van der Waals surface area contributed by atoms with E-state index in [1.807, 2.05) is 6.08 Å². The Morgan fingerprint density at radius 2 is 1.86 bits per heavy atom. The van der Waals surface area contributed by atoms with Crippen LogP contribution in [0.5, 0.6) is 0 Å². The van der Waals surface area contributed by atoms with E-state index in [1.165, 1.54) is 5.06 Å². The Labute approximate surface area is 216 Å². The first kappa shape index (κ1) is 25.3. The van der Waals surface area contributed by atoms with Crippen LogP contribution in [0.15, 0.2) is 21.3 Å². The molecule has 0 atom stereocenters. The molecule has 1 saturated heterocycles. The van der Waals surface area contributed by atoms with Crippen LogP contribution < -0.4 is 15.8 Å². The molecule has 1 aliphatic carbocycles. The summed E-state index contributed by atoms with van der Waals surface area (Å²) in [6.45, 7) is 7.69. The second kappa shape index (κ2) is 10.6. The van der Waals surface area contributed by atoms with Crippen molar-refractivity contribution in [3.05, 3.63) is 27.4 Å². The molecule has 36 heavy (non-hydrogen) atoms. The number of hydrogen-bond donors (Lipinski definition) is 1. The number of carbonyl (C=O) groups excluding carboxylic acids is 1. The largest absolute Gasteiger partial charge is 0.533 e. The smallest absolute Gasteiger partial charge is 0.427 e. The third-order valence-corrected chi connectivity index (χ3v) is 7.20. The van der Waals surface area contributed by atoms with E-state index in [0.29, 0.717) is 30.3 Å². The molecule has 2 fully saturated rings. The van der Waals surface area contributed by atoms with Crippen LogP contribution in [-0.4, -0.2) is 48.7 Å². The first-order valence-corrected chi connectivity index (χ1v) is 13.3. The van der Waals surface area contributed by atoms with E-state index < -0.39 is 11.8 Å². The Balaban J connectivity index is 1.38. The zero-order chi connectivity index (χ0) is 25.3. The molecule has 4 heterocycles. The highest BCUT2D eigenvalue weighted by atomic mass is 35.5. The summed E-state index contributed by atoms with van der Waals surface area (Å²) >= 11 is 6.41. The third kappa shape index (κ3) is 5.79. The van der Waals surface area contributed by atoms with E-state index in [9.17, 15) is 4.79 Å². The second-order valence-electron chi connectivity index (χ2n) is 10.8. The number of hydrogen-bond acceptors (Lipinski definition) is 8. The number of azo groups is 1. The second-order valence-corrected chi connectivity index (χ2v) is 11.2. The molecule has 1 aromatic heterocycles. The van der Waals surface area contributed by atoms with Gasteiger partial charge in [0.1, 0.15) is 11.3 Å². The quantitative estimate of drug-likeness (QED) is 0.592. The summed E-state index contributed by atoms with van der Waals surface area (Å²) in [6, 6.07) is 0. The van der Waals surface area contributed by atoms with Crippen LogP contribution in [0, 0.1) is 5.92 Å². The van der Waals surface area contributed by atoms with Crippen LogP contribution in [0.2, 0.25) is 0 Å². The molecule has 1 N–H and O–H groups in total. The van der Waals surface area contributed by atoms with Gasteiger partial charge in [-0.05, 0) is 71.4 Å². The van der Waals surface area contributed by atoms with Gasteiger partial charge in [0.05, 0.1) is 41.7 Å². The molecule has 0 amide bonds. The molecule has 4 aliphatic rings. The number of nitrogens with one attached hydrogen (secondary N) is 1. The normalized spacial score (nSPS) is 24.8. The average molecular weight is 519 g/mol. The third-order valence-electron chi connectivity index (χ3n) is 6.94. The number of ether oxygens (including phenoxy) is 3. The van der Waals surface area contributed by atoms with Crippen molar-refractivity contribution in [3.8, 4) is 0 Å². The zero-order valence-electron chi connectivity index (χ0n) is 21.2. The Morgan fingerprint density at radius 3 is 2.58 bits per heavy atom. The van der Waals surface area contributed by atoms with Gasteiger partial charge in [0.15, 0.2) is 0 Å². The van der Waals surface area contributed by atoms with Gasteiger partial charge in [-0.3, -0.25) is 0 Å². The lowest BCUT2D eigenvalue weighted by Crippen LogP contribution is -2.34. The molecule has 3 aliphatic heterocycles. The Morgan fingerprint density at radius 1 is 1.14 bits per heavy atom. The number of aromatic nitrogens is 1. The number of hydroxylamine groups is 1. The van der Waals surface area contributed by atoms with Gasteiger partial charge < -0.3 is 24.0 Å². The van der Waals surface area contributed by atoms with E-state index in [0.717, 1.165) is 79.4 Å². The summed E-state index contributed by atoms with van der Waals surface area (Å²) in [5.74, 6) is 0.288. The lowest BCUT2D eigenvalue weighted by Gasteiger charge is -2.33. The van der Waals surface area contributed by atoms with E-state index in [1.54, 1.807) is 26.8 Å². The number of H-pyrrole nitrogens is 1. The van der Waals surface area contributed by atoms with E-state index in [-0.39, 0.29) is 5.92 Å². The van der Waals surface area contributed by atoms with Gasteiger partial charge in [-0.15, -0.1) is 0 Å². The van der Waals surface area contributed by atoms with Gasteiger partial charge in [0.25, 0.3) is 0 Å². The van der Waals surface area contributed by atoms with Crippen LogP contribution in [0.25, 0.3) is 11.8 Å². The average Bonchev–Trinajstić information content (AvgIpc) is 3.12. The topological polar surface area (TPSA) is 97.7 Å². The SMILES string of the molecule is CC(C)(C)OC(=O)ON1CC=C(Cl)C=c2[nH]c3c(c21)CN=NC=3[C@H]1CC[C@H](OC2CCOCC2)CC1. The van der Waals surface area contributed by atoms with Gasteiger partial charge in [-0.1, -0.05) is 11.6 Å². The van der Waals surface area contributed by atoms with Crippen LogP contribution in [0.3, 0.4) is 0 Å². The maximum atomic E-state index is 12.5. The minimum atomic E-state index is -0.765. The predicted molar refractivity (Wildman–Crippen MR) is 136 cm³/mol. The summed E-state index contributed by atoms with van der Waals surface area (Å²) in [4.78, 5) is 21.6. The molecule has 5 rings (SSSR count). The molecule has 0 radical (unpaired) electrons. The van der Waals surface area contributed by atoms with E-state index in [4.69, 9.17) is 30.6 Å². The molecule has 10 heteroatoms. The van der Waals surface area contributed by atoms with Gasteiger partial charge in [0.2, 0.25) is 0 Å². The fourth-order valence-electron chi connectivity index (χ4n) is 5.29. The summed E-state index contributed by atoms with van der Waals surface area (Å²) in [5.41, 5.74) is 2.00. The molecule has 0 spiro atoms. The highest BCUT2D eigenvalue weighted by Crippen LogP contribution is 2.35. The van der Waals surface area contributed by atoms with E-state index in [2.05, 4.69) is 15.2 Å². The van der Waals surface area contributed by atoms with Crippen LogP contribution in [0.4, 0.5) is 10.5 Å². The van der Waals surface area contributed by atoms with Crippen molar-refractivity contribution >= 4 is 35.2 Å². The molecular formula is C26H35ClN4O5. The van der Waals surface area contributed by atoms with E-state index >= 15 is 0 Å². The number of anilines is 1. The monoisotopic (exact) mass is 518 g/mol. The molecule has 0 unspecified atom stereocenters. The number of carbonyl (C=O) groups is 1. The zero-order valence-corrected chi connectivity index (χ0v) is 22.0. The van der Waals surface area contributed by atoms with Crippen LogP contribution in [-0.2, 0) is 25.6 Å². The lowest BCUT2D eigenvalue weighted by atomic mass is 9.84. The van der Waals surface area contributed by atoms with Crippen molar-refractivity contribution in [2.45, 2.75) is 83.6 Å². The highest BCUT2D eigenvalue weighted by molar-refractivity contribution is 6.34. The molecule has 1 aromatic rings. The maximum Gasteiger partial charge on any atom is 0.533 e. The van der Waals surface area contributed by atoms with Crippen molar-refractivity contribution in [1.82, 2.24) is 4.98 Å². The maximum absolute atomic E-state index is 12.5. The molecule has 196 valence electrons. The Kier molecular flexibility index (Phi) is 7.42. The summed E-state index contributed by atoms with van der Waals surface area (Å²) in [5, 5.41) is 12.9. The van der Waals surface area contributed by atoms with Crippen molar-refractivity contribution in [2.75, 3.05) is 24.8 Å². The Bertz CT molecular complexity index is 1150. The number of nitrogens with zero attached hydrogens (tertiary/aromatic N) is 3. The first-order chi connectivity index (χ1) is 17.3. The van der Waals surface area contributed by atoms with Crippen LogP contribution >= 0.6 is 11.6 Å². The minimum Gasteiger partial charge on any atom is -0.427 e. The Hall–Kier alpha value is -2.36. The molecule has 9 nitrogen and oxygen atoms in total. The number of fused-ring (bicyclic) bond motifs is 3. The fraction of sp³-hybridized carbons (Fsp3) is 0.654. The van der Waals surface area contributed by atoms with Crippen molar-refractivity contribution in [2.24, 2.45) is 16.1 Å². The first-order valence-electron chi connectivity index (χ1n) is 12.9. The summed E-state index contributed by atoms with van der Waals surface area (Å²) < 4.78 is 17.2. The molecular weight excluding hydrogens is 484 g/mol. The fourth-order valence-corrected chi connectivity index (χ4v) is 5.46. The molecule has 0 bridgehead atoms. The summed E-state index contributed by atoms with van der Waals surface area (Å²) in [7, 11) is 0.